The largest absolute Gasteiger partial charge is 0.445 e. The lowest BCUT2D eigenvalue weighted by Crippen LogP contribution is -2.40. The standard InChI is InChI=1S/C31H40N4O3/c1-20(2)15-27-26(19-38-30(37)35-31(5,6)7)29(24-12-10-21(3)11-13-24)25(22(4)34-27)16-28(36)33-18-23-9-8-14-32-17-23/h8-14,17,20H,15-16,18-19H2,1-7H3,(H,33,36)(H,35,37). The molecule has 0 aliphatic rings. The summed E-state index contributed by atoms with van der Waals surface area (Å²) < 4.78 is 5.72. The Kier molecular flexibility index (Phi) is 9.61. The number of carbonyl (C=O) groups is 2. The van der Waals surface area contributed by atoms with Crippen molar-refractivity contribution in [2.75, 3.05) is 0 Å². The van der Waals surface area contributed by atoms with Gasteiger partial charge in [-0.1, -0.05) is 49.7 Å². The average molecular weight is 517 g/mol. The van der Waals surface area contributed by atoms with Crippen molar-refractivity contribution in [2.45, 2.75) is 80.0 Å². The predicted molar refractivity (Wildman–Crippen MR) is 151 cm³/mol. The van der Waals surface area contributed by atoms with Crippen LogP contribution in [0.4, 0.5) is 4.79 Å². The van der Waals surface area contributed by atoms with Crippen LogP contribution in [-0.4, -0.2) is 27.5 Å². The zero-order valence-corrected chi connectivity index (χ0v) is 23.6. The molecule has 0 fully saturated rings. The first-order valence-electron chi connectivity index (χ1n) is 13.1. The van der Waals surface area contributed by atoms with Gasteiger partial charge in [0.05, 0.1) is 6.42 Å². The summed E-state index contributed by atoms with van der Waals surface area (Å²) in [5.74, 6) is 0.240. The third-order valence-electron chi connectivity index (χ3n) is 6.01. The topological polar surface area (TPSA) is 93.2 Å². The van der Waals surface area contributed by atoms with Gasteiger partial charge in [-0.2, -0.15) is 0 Å². The van der Waals surface area contributed by atoms with E-state index in [1.165, 1.54) is 0 Å². The molecule has 0 atom stereocenters. The SMILES string of the molecule is Cc1ccc(-c2c(CC(=O)NCc3cccnc3)c(C)nc(CC(C)C)c2COC(=O)NC(C)(C)C)cc1. The Morgan fingerprint density at radius 1 is 1.03 bits per heavy atom. The normalized spacial score (nSPS) is 11.4. The molecule has 3 aromatic rings. The van der Waals surface area contributed by atoms with Crippen molar-refractivity contribution >= 4 is 12.0 Å². The van der Waals surface area contributed by atoms with Crippen molar-refractivity contribution in [3.05, 3.63) is 82.4 Å². The highest BCUT2D eigenvalue weighted by molar-refractivity contribution is 5.84. The zero-order chi connectivity index (χ0) is 27.9. The lowest BCUT2D eigenvalue weighted by molar-refractivity contribution is -0.120. The number of pyridine rings is 2. The molecule has 0 aliphatic carbocycles. The van der Waals surface area contributed by atoms with E-state index in [1.807, 2.05) is 46.8 Å². The minimum absolute atomic E-state index is 0.0603. The van der Waals surface area contributed by atoms with E-state index in [4.69, 9.17) is 9.72 Å². The molecule has 2 amide bonds. The lowest BCUT2D eigenvalue weighted by atomic mass is 9.88. The summed E-state index contributed by atoms with van der Waals surface area (Å²) in [5.41, 5.74) is 6.89. The second-order valence-corrected chi connectivity index (χ2v) is 11.2. The molecule has 0 unspecified atom stereocenters. The van der Waals surface area contributed by atoms with Crippen LogP contribution >= 0.6 is 0 Å². The van der Waals surface area contributed by atoms with Crippen LogP contribution in [0.1, 0.15) is 68.3 Å². The van der Waals surface area contributed by atoms with Crippen LogP contribution in [0.2, 0.25) is 0 Å². The molecule has 7 heteroatoms. The van der Waals surface area contributed by atoms with Gasteiger partial charge < -0.3 is 15.4 Å². The number of benzene rings is 1. The third kappa shape index (κ3) is 8.40. The highest BCUT2D eigenvalue weighted by atomic mass is 16.5. The number of aryl methyl sites for hydroxylation is 2. The number of amides is 2. The summed E-state index contributed by atoms with van der Waals surface area (Å²) in [5, 5.41) is 5.86. The molecule has 1 aromatic carbocycles. The third-order valence-corrected chi connectivity index (χ3v) is 6.01. The summed E-state index contributed by atoms with van der Waals surface area (Å²) in [7, 11) is 0. The van der Waals surface area contributed by atoms with Gasteiger partial charge in [0, 0.05) is 41.4 Å². The van der Waals surface area contributed by atoms with E-state index in [2.05, 4.69) is 53.7 Å². The van der Waals surface area contributed by atoms with E-state index in [0.29, 0.717) is 12.5 Å². The van der Waals surface area contributed by atoms with Gasteiger partial charge >= 0.3 is 6.09 Å². The number of alkyl carbamates (subject to hydrolysis) is 1. The molecular formula is C31H40N4O3. The molecule has 2 heterocycles. The monoisotopic (exact) mass is 516 g/mol. The molecule has 202 valence electrons. The van der Waals surface area contributed by atoms with Crippen LogP contribution in [0, 0.1) is 19.8 Å². The summed E-state index contributed by atoms with van der Waals surface area (Å²) in [4.78, 5) is 34.8. The van der Waals surface area contributed by atoms with E-state index in [1.54, 1.807) is 12.4 Å². The van der Waals surface area contributed by atoms with Gasteiger partial charge in [-0.15, -0.1) is 0 Å². The molecule has 0 saturated heterocycles. The van der Waals surface area contributed by atoms with Crippen LogP contribution in [0.25, 0.3) is 11.1 Å². The van der Waals surface area contributed by atoms with Crippen molar-refractivity contribution in [3.63, 3.8) is 0 Å². The number of ether oxygens (including phenoxy) is 1. The fourth-order valence-corrected chi connectivity index (χ4v) is 4.25. The summed E-state index contributed by atoms with van der Waals surface area (Å²) in [6.07, 6.45) is 3.85. The second-order valence-electron chi connectivity index (χ2n) is 11.2. The molecule has 7 nitrogen and oxygen atoms in total. The number of hydrogen-bond donors (Lipinski definition) is 2. The second kappa shape index (κ2) is 12.7. The molecule has 2 aromatic heterocycles. The fourth-order valence-electron chi connectivity index (χ4n) is 4.25. The first-order valence-corrected chi connectivity index (χ1v) is 13.1. The Balaban J connectivity index is 2.03. The molecule has 38 heavy (non-hydrogen) atoms. The van der Waals surface area contributed by atoms with Crippen molar-refractivity contribution in [3.8, 4) is 11.1 Å². The van der Waals surface area contributed by atoms with Crippen LogP contribution in [-0.2, 0) is 35.5 Å². The molecular weight excluding hydrogens is 476 g/mol. The first-order chi connectivity index (χ1) is 17.9. The van der Waals surface area contributed by atoms with Crippen molar-refractivity contribution in [1.29, 1.82) is 0 Å². The number of nitrogens with one attached hydrogen (secondary N) is 2. The number of nitrogens with zero attached hydrogens (tertiary/aromatic N) is 2. The van der Waals surface area contributed by atoms with Gasteiger partial charge in [0.2, 0.25) is 5.91 Å². The van der Waals surface area contributed by atoms with E-state index in [-0.39, 0.29) is 18.9 Å². The van der Waals surface area contributed by atoms with Crippen LogP contribution in [0.5, 0.6) is 0 Å². The fraction of sp³-hybridized carbons (Fsp3) is 0.419. The maximum absolute atomic E-state index is 13.1. The molecule has 0 radical (unpaired) electrons. The average Bonchev–Trinajstić information content (AvgIpc) is 2.83. The Bertz CT molecular complexity index is 1250. The van der Waals surface area contributed by atoms with E-state index in [0.717, 1.165) is 51.2 Å². The molecule has 0 bridgehead atoms. The smallest absolute Gasteiger partial charge is 0.407 e. The predicted octanol–water partition coefficient (Wildman–Crippen LogP) is 5.84. The van der Waals surface area contributed by atoms with Gasteiger partial charge in [0.1, 0.15) is 6.61 Å². The molecule has 2 N–H and O–H groups in total. The molecule has 3 rings (SSSR count). The minimum Gasteiger partial charge on any atom is -0.445 e. The van der Waals surface area contributed by atoms with E-state index < -0.39 is 11.6 Å². The maximum Gasteiger partial charge on any atom is 0.407 e. The number of aromatic nitrogens is 2. The Hall–Kier alpha value is -3.74. The van der Waals surface area contributed by atoms with Gasteiger partial charge in [-0.3, -0.25) is 14.8 Å². The molecule has 0 saturated carbocycles. The van der Waals surface area contributed by atoms with Gasteiger partial charge in [-0.05, 0) is 75.3 Å². The quantitative estimate of drug-likeness (QED) is 0.373. The number of hydrogen-bond acceptors (Lipinski definition) is 5. The van der Waals surface area contributed by atoms with Gasteiger partial charge in [-0.25, -0.2) is 4.79 Å². The number of carbonyl (C=O) groups excluding carboxylic acids is 2. The van der Waals surface area contributed by atoms with E-state index >= 15 is 0 Å². The first kappa shape index (κ1) is 28.8. The summed E-state index contributed by atoms with van der Waals surface area (Å²) >= 11 is 0. The van der Waals surface area contributed by atoms with Gasteiger partial charge in [0.15, 0.2) is 0 Å². The van der Waals surface area contributed by atoms with Crippen molar-refractivity contribution in [2.24, 2.45) is 5.92 Å². The van der Waals surface area contributed by atoms with Crippen molar-refractivity contribution in [1.82, 2.24) is 20.6 Å². The maximum atomic E-state index is 13.1. The van der Waals surface area contributed by atoms with Crippen LogP contribution < -0.4 is 10.6 Å². The Morgan fingerprint density at radius 2 is 1.74 bits per heavy atom. The van der Waals surface area contributed by atoms with Gasteiger partial charge in [0.25, 0.3) is 0 Å². The minimum atomic E-state index is -0.487. The zero-order valence-electron chi connectivity index (χ0n) is 23.6. The number of rotatable bonds is 9. The lowest BCUT2D eigenvalue weighted by Gasteiger charge is -2.23. The highest BCUT2D eigenvalue weighted by Gasteiger charge is 2.23. The van der Waals surface area contributed by atoms with E-state index in [9.17, 15) is 9.59 Å². The Labute approximate surface area is 226 Å². The molecule has 0 aliphatic heterocycles. The Morgan fingerprint density at radius 3 is 2.34 bits per heavy atom. The van der Waals surface area contributed by atoms with Crippen LogP contribution in [0.3, 0.4) is 0 Å². The highest BCUT2D eigenvalue weighted by Crippen LogP contribution is 2.34. The summed E-state index contributed by atoms with van der Waals surface area (Å²) in [6, 6.07) is 12.0. The summed E-state index contributed by atoms with van der Waals surface area (Å²) in [6.45, 7) is 14.4. The molecule has 0 spiro atoms. The van der Waals surface area contributed by atoms with Crippen molar-refractivity contribution < 1.29 is 14.3 Å². The van der Waals surface area contributed by atoms with Crippen LogP contribution in [0.15, 0.2) is 48.8 Å².